The van der Waals surface area contributed by atoms with Gasteiger partial charge in [-0.05, 0) is 24.6 Å². The van der Waals surface area contributed by atoms with E-state index in [2.05, 4.69) is 5.32 Å². The van der Waals surface area contributed by atoms with Gasteiger partial charge in [-0.25, -0.2) is 13.2 Å². The highest BCUT2D eigenvalue weighted by Gasteiger charge is 2.23. The lowest BCUT2D eigenvalue weighted by atomic mass is 10.0. The Hall–Kier alpha value is -2.67. The first-order chi connectivity index (χ1) is 11.3. The van der Waals surface area contributed by atoms with Crippen LogP contribution in [-0.2, 0) is 4.79 Å². The standard InChI is InChI=1S/C17H14F3NO3/c1-9-2-4-10(5-3-9)16(23)17(24)21-14(8-22)11-6-12(18)15(20)13(19)7-11/h2-7,14,22H,8H2,1H3,(H,21,24). The van der Waals surface area contributed by atoms with Gasteiger partial charge in [0, 0.05) is 5.56 Å². The van der Waals surface area contributed by atoms with E-state index in [0.717, 1.165) is 5.56 Å². The van der Waals surface area contributed by atoms with Crippen LogP contribution in [0, 0.1) is 24.4 Å². The molecule has 24 heavy (non-hydrogen) atoms. The van der Waals surface area contributed by atoms with E-state index in [4.69, 9.17) is 0 Å². The second kappa shape index (κ2) is 7.27. The zero-order valence-electron chi connectivity index (χ0n) is 12.6. The molecule has 0 saturated heterocycles. The van der Waals surface area contributed by atoms with Crippen molar-refractivity contribution in [2.75, 3.05) is 6.61 Å². The van der Waals surface area contributed by atoms with E-state index in [1.165, 1.54) is 12.1 Å². The fourth-order valence-corrected chi connectivity index (χ4v) is 2.07. The van der Waals surface area contributed by atoms with Crippen molar-refractivity contribution in [3.05, 3.63) is 70.5 Å². The third kappa shape index (κ3) is 3.80. The van der Waals surface area contributed by atoms with E-state index in [0.29, 0.717) is 12.1 Å². The van der Waals surface area contributed by atoms with Gasteiger partial charge in [0.25, 0.3) is 5.91 Å². The van der Waals surface area contributed by atoms with E-state index in [-0.39, 0.29) is 11.1 Å². The zero-order chi connectivity index (χ0) is 17.9. The number of aliphatic hydroxyl groups is 1. The minimum absolute atomic E-state index is 0.131. The number of rotatable bonds is 5. The summed E-state index contributed by atoms with van der Waals surface area (Å²) in [5.74, 6) is -6.48. The number of ketones is 1. The molecule has 0 spiro atoms. The maximum absolute atomic E-state index is 13.3. The number of amides is 1. The SMILES string of the molecule is Cc1ccc(C(=O)C(=O)NC(CO)c2cc(F)c(F)c(F)c2)cc1. The molecule has 1 amide bonds. The van der Waals surface area contributed by atoms with E-state index in [1.807, 2.05) is 6.92 Å². The number of carbonyl (C=O) groups is 2. The third-order valence-electron chi connectivity index (χ3n) is 3.42. The summed E-state index contributed by atoms with van der Waals surface area (Å²) in [6.07, 6.45) is 0. The van der Waals surface area contributed by atoms with E-state index in [1.54, 1.807) is 12.1 Å². The summed E-state index contributed by atoms with van der Waals surface area (Å²) in [5, 5.41) is 11.5. The normalized spacial score (nSPS) is 11.9. The van der Waals surface area contributed by atoms with Gasteiger partial charge in [-0.15, -0.1) is 0 Å². The molecule has 0 fully saturated rings. The Morgan fingerprint density at radius 1 is 1.08 bits per heavy atom. The van der Waals surface area contributed by atoms with Crippen LogP contribution in [0.25, 0.3) is 0 Å². The molecule has 0 heterocycles. The molecule has 0 saturated carbocycles. The van der Waals surface area contributed by atoms with Gasteiger partial charge in [0.05, 0.1) is 12.6 Å². The predicted molar refractivity (Wildman–Crippen MR) is 79.8 cm³/mol. The molecule has 2 N–H and O–H groups in total. The van der Waals surface area contributed by atoms with Gasteiger partial charge in [-0.2, -0.15) is 0 Å². The summed E-state index contributed by atoms with van der Waals surface area (Å²) in [6.45, 7) is 1.09. The molecule has 2 rings (SSSR count). The Balaban J connectivity index is 2.19. The zero-order valence-corrected chi connectivity index (χ0v) is 12.6. The molecular weight excluding hydrogens is 323 g/mol. The molecule has 7 heteroatoms. The molecule has 1 atom stereocenters. The average Bonchev–Trinajstić information content (AvgIpc) is 2.56. The fourth-order valence-electron chi connectivity index (χ4n) is 2.07. The van der Waals surface area contributed by atoms with Gasteiger partial charge in [-0.1, -0.05) is 29.8 Å². The fraction of sp³-hybridized carbons (Fsp3) is 0.176. The number of hydrogen-bond donors (Lipinski definition) is 2. The first kappa shape index (κ1) is 17.7. The Morgan fingerprint density at radius 3 is 2.12 bits per heavy atom. The van der Waals surface area contributed by atoms with Crippen molar-refractivity contribution in [2.45, 2.75) is 13.0 Å². The summed E-state index contributed by atoms with van der Waals surface area (Å²) < 4.78 is 39.5. The topological polar surface area (TPSA) is 66.4 Å². The second-order valence-electron chi connectivity index (χ2n) is 5.20. The second-order valence-corrected chi connectivity index (χ2v) is 5.20. The summed E-state index contributed by atoms with van der Waals surface area (Å²) in [7, 11) is 0. The highest BCUT2D eigenvalue weighted by atomic mass is 19.2. The summed E-state index contributed by atoms with van der Waals surface area (Å²) in [6, 6.07) is 6.26. The number of hydrogen-bond acceptors (Lipinski definition) is 3. The molecule has 0 aliphatic heterocycles. The number of aliphatic hydroxyl groups excluding tert-OH is 1. The lowest BCUT2D eigenvalue weighted by Crippen LogP contribution is -2.36. The van der Waals surface area contributed by atoms with Crippen LogP contribution in [0.15, 0.2) is 36.4 Å². The number of Topliss-reactive ketones (excluding diaryl/α,β-unsaturated/α-hetero) is 1. The Bertz CT molecular complexity index is 752. The largest absolute Gasteiger partial charge is 0.394 e. The molecule has 1 unspecified atom stereocenters. The van der Waals surface area contributed by atoms with Crippen LogP contribution in [0.2, 0.25) is 0 Å². The summed E-state index contributed by atoms with van der Waals surface area (Å²) >= 11 is 0. The number of benzene rings is 2. The van der Waals surface area contributed by atoms with Crippen LogP contribution in [0.1, 0.15) is 27.5 Å². The van der Waals surface area contributed by atoms with Gasteiger partial charge >= 0.3 is 0 Å². The molecular formula is C17H14F3NO3. The molecule has 0 bridgehead atoms. The van der Waals surface area contributed by atoms with E-state index in [9.17, 15) is 27.9 Å². The van der Waals surface area contributed by atoms with Gasteiger partial charge in [-0.3, -0.25) is 9.59 Å². The molecule has 4 nitrogen and oxygen atoms in total. The summed E-state index contributed by atoms with van der Waals surface area (Å²) in [4.78, 5) is 24.0. The minimum Gasteiger partial charge on any atom is -0.394 e. The van der Waals surface area contributed by atoms with Crippen molar-refractivity contribution >= 4 is 11.7 Å². The Kier molecular flexibility index (Phi) is 5.35. The van der Waals surface area contributed by atoms with Crippen LogP contribution in [0.4, 0.5) is 13.2 Å². The number of aryl methyl sites for hydroxylation is 1. The Morgan fingerprint density at radius 2 is 1.62 bits per heavy atom. The lowest BCUT2D eigenvalue weighted by Gasteiger charge is -2.16. The van der Waals surface area contributed by atoms with E-state index < -0.39 is 41.8 Å². The van der Waals surface area contributed by atoms with Crippen molar-refractivity contribution in [2.24, 2.45) is 0 Å². The molecule has 0 aliphatic carbocycles. The molecule has 0 radical (unpaired) electrons. The Labute approximate surface area is 135 Å². The number of halogens is 3. The summed E-state index contributed by atoms with van der Waals surface area (Å²) in [5.41, 5.74) is 0.836. The van der Waals surface area contributed by atoms with Crippen molar-refractivity contribution in [1.82, 2.24) is 5.32 Å². The van der Waals surface area contributed by atoms with Crippen molar-refractivity contribution in [3.63, 3.8) is 0 Å². The first-order valence-electron chi connectivity index (χ1n) is 7.00. The molecule has 0 aliphatic rings. The number of nitrogens with one attached hydrogen (secondary N) is 1. The molecule has 126 valence electrons. The highest BCUT2D eigenvalue weighted by molar-refractivity contribution is 6.42. The number of carbonyl (C=O) groups excluding carboxylic acids is 2. The third-order valence-corrected chi connectivity index (χ3v) is 3.42. The first-order valence-corrected chi connectivity index (χ1v) is 7.00. The van der Waals surface area contributed by atoms with Gasteiger partial charge in [0.2, 0.25) is 5.78 Å². The predicted octanol–water partition coefficient (Wildman–Crippen LogP) is 2.44. The van der Waals surface area contributed by atoms with Gasteiger partial charge < -0.3 is 10.4 Å². The van der Waals surface area contributed by atoms with Crippen LogP contribution in [-0.4, -0.2) is 23.4 Å². The quantitative estimate of drug-likeness (QED) is 0.500. The highest BCUT2D eigenvalue weighted by Crippen LogP contribution is 2.19. The van der Waals surface area contributed by atoms with E-state index >= 15 is 0 Å². The van der Waals surface area contributed by atoms with Gasteiger partial charge in [0.15, 0.2) is 17.5 Å². The van der Waals surface area contributed by atoms with Gasteiger partial charge in [0.1, 0.15) is 0 Å². The molecule has 2 aromatic rings. The molecule has 2 aromatic carbocycles. The smallest absolute Gasteiger partial charge is 0.292 e. The molecule has 0 aromatic heterocycles. The maximum atomic E-state index is 13.3. The maximum Gasteiger partial charge on any atom is 0.292 e. The van der Waals surface area contributed by atoms with Crippen LogP contribution >= 0.6 is 0 Å². The van der Waals surface area contributed by atoms with Crippen LogP contribution in [0.3, 0.4) is 0 Å². The lowest BCUT2D eigenvalue weighted by molar-refractivity contribution is -0.118. The van der Waals surface area contributed by atoms with Crippen LogP contribution in [0.5, 0.6) is 0 Å². The van der Waals surface area contributed by atoms with Crippen molar-refractivity contribution < 1.29 is 27.9 Å². The monoisotopic (exact) mass is 337 g/mol. The van der Waals surface area contributed by atoms with Crippen molar-refractivity contribution in [3.8, 4) is 0 Å². The van der Waals surface area contributed by atoms with Crippen molar-refractivity contribution in [1.29, 1.82) is 0 Å². The van der Waals surface area contributed by atoms with Crippen LogP contribution < -0.4 is 5.32 Å². The average molecular weight is 337 g/mol. The minimum atomic E-state index is -1.66.